The number of hydrogen-bond donors (Lipinski definition) is 0. The number of carbonyl (C=O) groups is 1. The van der Waals surface area contributed by atoms with Gasteiger partial charge in [0.05, 0.1) is 16.8 Å². The molecule has 3 nitrogen and oxygen atoms in total. The molecule has 1 atom stereocenters. The fourth-order valence-corrected chi connectivity index (χ4v) is 5.17. The summed E-state index contributed by atoms with van der Waals surface area (Å²) in [5, 5.41) is 0.663. The summed E-state index contributed by atoms with van der Waals surface area (Å²) in [6.45, 7) is 0.511. The minimum absolute atomic E-state index is 0.0827. The third-order valence-corrected chi connectivity index (χ3v) is 6.69. The molecular weight excluding hydrogens is 384 g/mol. The number of hydrogen-bond acceptors (Lipinski definition) is 4. The van der Waals surface area contributed by atoms with Gasteiger partial charge in [-0.15, -0.1) is 23.1 Å². The van der Waals surface area contributed by atoms with Crippen LogP contribution >= 0.6 is 23.1 Å². The van der Waals surface area contributed by atoms with Gasteiger partial charge in [0.2, 0.25) is 5.91 Å². The van der Waals surface area contributed by atoms with E-state index in [1.165, 1.54) is 0 Å². The highest BCUT2D eigenvalue weighted by atomic mass is 32.2. The standard InChI is InChI=1S/C23H20N2OS2/c1-25(16-21-24-19-14-8-9-15-20(19)28-21)23(26)22(17-10-4-2-5-11-17)27-18-12-6-3-7-13-18/h2-15,22H,16H2,1H3/t22-/m1/s1. The van der Waals surface area contributed by atoms with Gasteiger partial charge in [-0.1, -0.05) is 60.7 Å². The topological polar surface area (TPSA) is 33.2 Å². The van der Waals surface area contributed by atoms with Crippen LogP contribution in [0.3, 0.4) is 0 Å². The molecule has 0 aliphatic carbocycles. The summed E-state index contributed by atoms with van der Waals surface area (Å²) in [4.78, 5) is 20.9. The first-order valence-electron chi connectivity index (χ1n) is 9.07. The molecule has 0 aliphatic heterocycles. The highest BCUT2D eigenvalue weighted by Gasteiger charge is 2.25. The molecule has 0 unspecified atom stereocenters. The van der Waals surface area contributed by atoms with E-state index in [-0.39, 0.29) is 11.2 Å². The number of fused-ring (bicyclic) bond motifs is 1. The van der Waals surface area contributed by atoms with Crippen molar-refractivity contribution < 1.29 is 4.79 Å². The van der Waals surface area contributed by atoms with Crippen LogP contribution in [0.4, 0.5) is 0 Å². The fraction of sp³-hybridized carbons (Fsp3) is 0.130. The van der Waals surface area contributed by atoms with Crippen LogP contribution in [0.25, 0.3) is 10.2 Å². The van der Waals surface area contributed by atoms with E-state index < -0.39 is 0 Å². The SMILES string of the molecule is CN(Cc1nc2ccccc2s1)C(=O)[C@H](Sc1ccccc1)c1ccccc1. The fourth-order valence-electron chi connectivity index (χ4n) is 2.99. The van der Waals surface area contributed by atoms with Crippen LogP contribution < -0.4 is 0 Å². The zero-order valence-corrected chi connectivity index (χ0v) is 17.1. The quantitative estimate of drug-likeness (QED) is 0.382. The van der Waals surface area contributed by atoms with E-state index in [2.05, 4.69) is 11.1 Å². The molecule has 0 fully saturated rings. The number of thiazole rings is 1. The van der Waals surface area contributed by atoms with Crippen molar-refractivity contribution in [3.8, 4) is 0 Å². The van der Waals surface area contributed by atoms with Crippen LogP contribution in [0, 0.1) is 0 Å². The Morgan fingerprint density at radius 1 is 0.964 bits per heavy atom. The molecule has 0 aliphatic rings. The molecular formula is C23H20N2OS2. The summed E-state index contributed by atoms with van der Waals surface area (Å²) < 4.78 is 1.15. The van der Waals surface area contributed by atoms with Crippen LogP contribution in [0.2, 0.25) is 0 Å². The van der Waals surface area contributed by atoms with Gasteiger partial charge in [-0.25, -0.2) is 4.98 Å². The Kier molecular flexibility index (Phi) is 5.74. The summed E-state index contributed by atoms with van der Waals surface area (Å²) in [6, 6.07) is 28.1. The molecule has 28 heavy (non-hydrogen) atoms. The Balaban J connectivity index is 1.57. The molecule has 4 rings (SSSR count). The first-order valence-corrected chi connectivity index (χ1v) is 10.8. The summed E-state index contributed by atoms with van der Waals surface area (Å²) in [7, 11) is 1.86. The number of carbonyl (C=O) groups excluding carboxylic acids is 1. The Hall–Kier alpha value is -2.63. The average Bonchev–Trinajstić information content (AvgIpc) is 3.15. The predicted octanol–water partition coefficient (Wildman–Crippen LogP) is 5.79. The van der Waals surface area contributed by atoms with Crippen molar-refractivity contribution >= 4 is 39.2 Å². The minimum Gasteiger partial charge on any atom is -0.338 e. The second kappa shape index (κ2) is 8.59. The molecule has 1 heterocycles. The highest BCUT2D eigenvalue weighted by Crippen LogP contribution is 2.37. The van der Waals surface area contributed by atoms with Gasteiger partial charge < -0.3 is 4.90 Å². The molecule has 0 radical (unpaired) electrons. The van der Waals surface area contributed by atoms with E-state index >= 15 is 0 Å². The maximum absolute atomic E-state index is 13.3. The van der Waals surface area contributed by atoms with Gasteiger partial charge in [-0.2, -0.15) is 0 Å². The first kappa shape index (κ1) is 18.7. The normalized spacial score (nSPS) is 12.0. The third kappa shape index (κ3) is 4.26. The summed E-state index contributed by atoms with van der Waals surface area (Å²) in [5.41, 5.74) is 2.00. The van der Waals surface area contributed by atoms with Crippen molar-refractivity contribution in [1.29, 1.82) is 0 Å². The Morgan fingerprint density at radius 3 is 2.32 bits per heavy atom. The largest absolute Gasteiger partial charge is 0.338 e. The van der Waals surface area contributed by atoms with Crippen LogP contribution in [-0.2, 0) is 11.3 Å². The Labute approximate surface area is 173 Å². The van der Waals surface area contributed by atoms with Gasteiger partial charge >= 0.3 is 0 Å². The zero-order valence-electron chi connectivity index (χ0n) is 15.5. The first-order chi connectivity index (χ1) is 13.7. The Bertz CT molecular complexity index is 1030. The van der Waals surface area contributed by atoms with Crippen molar-refractivity contribution in [2.24, 2.45) is 0 Å². The molecule has 5 heteroatoms. The van der Waals surface area contributed by atoms with E-state index in [4.69, 9.17) is 0 Å². The van der Waals surface area contributed by atoms with Crippen molar-refractivity contribution in [1.82, 2.24) is 9.88 Å². The highest BCUT2D eigenvalue weighted by molar-refractivity contribution is 8.00. The van der Waals surface area contributed by atoms with E-state index in [0.717, 1.165) is 25.7 Å². The van der Waals surface area contributed by atoms with E-state index in [9.17, 15) is 4.79 Å². The number of rotatable bonds is 6. The molecule has 0 saturated carbocycles. The van der Waals surface area contributed by atoms with Crippen molar-refractivity contribution in [3.05, 3.63) is 95.5 Å². The van der Waals surface area contributed by atoms with E-state index in [1.54, 1.807) is 28.0 Å². The van der Waals surface area contributed by atoms with Crippen LogP contribution in [-0.4, -0.2) is 22.8 Å². The molecule has 1 aromatic heterocycles. The number of benzene rings is 3. The van der Waals surface area contributed by atoms with Gasteiger partial charge in [0.15, 0.2) is 0 Å². The predicted molar refractivity (Wildman–Crippen MR) is 118 cm³/mol. The van der Waals surface area contributed by atoms with Crippen LogP contribution in [0.1, 0.15) is 15.8 Å². The lowest BCUT2D eigenvalue weighted by Crippen LogP contribution is -2.30. The van der Waals surface area contributed by atoms with Gasteiger partial charge in [-0.3, -0.25) is 4.79 Å². The van der Waals surface area contributed by atoms with Crippen LogP contribution in [0.5, 0.6) is 0 Å². The number of amides is 1. The molecule has 0 saturated heterocycles. The lowest BCUT2D eigenvalue weighted by molar-refractivity contribution is -0.129. The lowest BCUT2D eigenvalue weighted by Gasteiger charge is -2.23. The molecule has 1 amide bonds. The number of thioether (sulfide) groups is 1. The zero-order chi connectivity index (χ0) is 19.3. The van der Waals surface area contributed by atoms with Crippen molar-refractivity contribution in [3.63, 3.8) is 0 Å². The lowest BCUT2D eigenvalue weighted by atomic mass is 10.1. The summed E-state index contributed by atoms with van der Waals surface area (Å²) >= 11 is 3.23. The number of para-hydroxylation sites is 1. The molecule has 0 spiro atoms. The van der Waals surface area contributed by atoms with Gasteiger partial charge in [0, 0.05) is 11.9 Å². The minimum atomic E-state index is -0.289. The second-order valence-corrected chi connectivity index (χ2v) is 8.78. The average molecular weight is 405 g/mol. The smallest absolute Gasteiger partial charge is 0.240 e. The summed E-state index contributed by atoms with van der Waals surface area (Å²) in [5.74, 6) is 0.0827. The van der Waals surface area contributed by atoms with Crippen LogP contribution in [0.15, 0.2) is 89.8 Å². The molecule has 140 valence electrons. The molecule has 0 N–H and O–H groups in total. The maximum atomic E-state index is 13.3. The van der Waals surface area contributed by atoms with Crippen molar-refractivity contribution in [2.45, 2.75) is 16.7 Å². The number of aromatic nitrogens is 1. The number of likely N-dealkylation sites (N-methyl/N-ethyl adjacent to an activating group) is 1. The van der Waals surface area contributed by atoms with Gasteiger partial charge in [0.25, 0.3) is 0 Å². The maximum Gasteiger partial charge on any atom is 0.240 e. The van der Waals surface area contributed by atoms with E-state index in [0.29, 0.717) is 6.54 Å². The summed E-state index contributed by atoms with van der Waals surface area (Å²) in [6.07, 6.45) is 0. The molecule has 4 aromatic rings. The van der Waals surface area contributed by atoms with Gasteiger partial charge in [-0.05, 0) is 29.8 Å². The number of nitrogens with zero attached hydrogens (tertiary/aromatic N) is 2. The van der Waals surface area contributed by atoms with Crippen molar-refractivity contribution in [2.75, 3.05) is 7.05 Å². The monoisotopic (exact) mass is 404 g/mol. The third-order valence-electron chi connectivity index (χ3n) is 4.41. The van der Waals surface area contributed by atoms with E-state index in [1.807, 2.05) is 85.9 Å². The van der Waals surface area contributed by atoms with Gasteiger partial charge in [0.1, 0.15) is 10.3 Å². The Morgan fingerprint density at radius 2 is 1.61 bits per heavy atom. The molecule has 0 bridgehead atoms. The molecule has 3 aromatic carbocycles. The second-order valence-electron chi connectivity index (χ2n) is 6.49.